The minimum Gasteiger partial charge on any atom is -0.481 e. The average Bonchev–Trinajstić information content (AvgIpc) is 2.87. The van der Waals surface area contributed by atoms with Gasteiger partial charge in [0.2, 0.25) is 0 Å². The van der Waals surface area contributed by atoms with Gasteiger partial charge in [-0.05, 0) is 18.9 Å². The Bertz CT molecular complexity index is 383. The smallest absolute Gasteiger partial charge is 0.327 e. The molecule has 1 atom stereocenters. The van der Waals surface area contributed by atoms with Gasteiger partial charge in [-0.3, -0.25) is 4.79 Å². The first kappa shape index (κ1) is 9.76. The van der Waals surface area contributed by atoms with E-state index in [1.54, 1.807) is 4.90 Å². The summed E-state index contributed by atoms with van der Waals surface area (Å²) in [4.78, 5) is 23.0. The highest BCUT2D eigenvalue weighted by atomic mass is 16.4. The van der Waals surface area contributed by atoms with Crippen LogP contribution in [0.15, 0.2) is 23.5 Å². The zero-order valence-electron chi connectivity index (χ0n) is 8.01. The van der Waals surface area contributed by atoms with Crippen molar-refractivity contribution in [2.24, 2.45) is 0 Å². The van der Waals surface area contributed by atoms with Crippen LogP contribution >= 0.6 is 0 Å². The maximum atomic E-state index is 10.9. The second-order valence-corrected chi connectivity index (χ2v) is 3.59. The van der Waals surface area contributed by atoms with E-state index in [9.17, 15) is 9.59 Å². The summed E-state index contributed by atoms with van der Waals surface area (Å²) in [6.45, 7) is 0. The van der Waals surface area contributed by atoms with Crippen LogP contribution in [0.3, 0.4) is 0 Å². The molecule has 0 spiro atoms. The SMILES string of the molecule is O=C(O)C[C@@H](C(=O)O)N1C2=C1CCC=C2. The summed E-state index contributed by atoms with van der Waals surface area (Å²) < 4.78 is 0. The van der Waals surface area contributed by atoms with Gasteiger partial charge in [0.1, 0.15) is 6.04 Å². The number of carbonyl (C=O) groups is 2. The summed E-state index contributed by atoms with van der Waals surface area (Å²) in [6, 6.07) is -0.949. The van der Waals surface area contributed by atoms with Gasteiger partial charge in [-0.25, -0.2) is 4.79 Å². The molecule has 0 aromatic rings. The Morgan fingerprint density at radius 3 is 2.67 bits per heavy atom. The molecule has 1 heterocycles. The van der Waals surface area contributed by atoms with Gasteiger partial charge in [-0.15, -0.1) is 0 Å². The Hall–Kier alpha value is -1.78. The number of hydrogen-bond donors (Lipinski definition) is 2. The van der Waals surface area contributed by atoms with Crippen molar-refractivity contribution in [1.29, 1.82) is 0 Å². The molecule has 0 fully saturated rings. The molecule has 0 saturated carbocycles. The lowest BCUT2D eigenvalue weighted by molar-refractivity contribution is -0.147. The number of hydrogen-bond acceptors (Lipinski definition) is 3. The Balaban J connectivity index is 2.06. The Morgan fingerprint density at radius 1 is 1.47 bits per heavy atom. The second-order valence-electron chi connectivity index (χ2n) is 3.59. The van der Waals surface area contributed by atoms with Crippen molar-refractivity contribution < 1.29 is 19.8 Å². The van der Waals surface area contributed by atoms with Crippen molar-refractivity contribution in [1.82, 2.24) is 4.90 Å². The first-order valence-corrected chi connectivity index (χ1v) is 4.75. The van der Waals surface area contributed by atoms with E-state index >= 15 is 0 Å². The van der Waals surface area contributed by atoms with E-state index in [1.807, 2.05) is 12.2 Å². The highest BCUT2D eigenvalue weighted by Crippen LogP contribution is 2.42. The van der Waals surface area contributed by atoms with E-state index in [0.717, 1.165) is 24.2 Å². The van der Waals surface area contributed by atoms with Crippen molar-refractivity contribution in [3.63, 3.8) is 0 Å². The fourth-order valence-corrected chi connectivity index (χ4v) is 1.88. The highest BCUT2D eigenvalue weighted by Gasteiger charge is 2.42. The maximum absolute atomic E-state index is 10.9. The number of nitrogens with zero attached hydrogens (tertiary/aromatic N) is 1. The molecule has 5 heteroatoms. The molecule has 80 valence electrons. The third-order valence-corrected chi connectivity index (χ3v) is 2.58. The first-order chi connectivity index (χ1) is 7.11. The molecule has 1 aliphatic heterocycles. The molecule has 0 aromatic carbocycles. The summed E-state index contributed by atoms with van der Waals surface area (Å²) in [6.07, 6.45) is 5.18. The Labute approximate surface area is 86.3 Å². The molecule has 15 heavy (non-hydrogen) atoms. The highest BCUT2D eigenvalue weighted by molar-refractivity contribution is 5.82. The van der Waals surface area contributed by atoms with Crippen LogP contribution < -0.4 is 0 Å². The van der Waals surface area contributed by atoms with E-state index in [-0.39, 0.29) is 6.42 Å². The molecule has 2 N–H and O–H groups in total. The summed E-state index contributed by atoms with van der Waals surface area (Å²) >= 11 is 0. The minimum atomic E-state index is -1.09. The van der Waals surface area contributed by atoms with E-state index in [4.69, 9.17) is 10.2 Å². The zero-order chi connectivity index (χ0) is 11.0. The molecule has 2 rings (SSSR count). The first-order valence-electron chi connectivity index (χ1n) is 4.75. The van der Waals surface area contributed by atoms with Crippen LogP contribution in [0.4, 0.5) is 0 Å². The van der Waals surface area contributed by atoms with Gasteiger partial charge < -0.3 is 15.1 Å². The molecule has 0 bridgehead atoms. The van der Waals surface area contributed by atoms with Crippen molar-refractivity contribution in [2.45, 2.75) is 25.3 Å². The van der Waals surface area contributed by atoms with E-state index in [1.165, 1.54) is 0 Å². The van der Waals surface area contributed by atoms with Crippen LogP contribution in [0, 0.1) is 0 Å². The molecule has 5 nitrogen and oxygen atoms in total. The molecule has 1 aliphatic carbocycles. The van der Waals surface area contributed by atoms with Gasteiger partial charge in [0.25, 0.3) is 0 Å². The maximum Gasteiger partial charge on any atom is 0.327 e. The van der Waals surface area contributed by atoms with Crippen molar-refractivity contribution >= 4 is 11.9 Å². The van der Waals surface area contributed by atoms with Crippen molar-refractivity contribution in [3.8, 4) is 0 Å². The summed E-state index contributed by atoms with van der Waals surface area (Å²) in [7, 11) is 0. The molecule has 0 unspecified atom stereocenters. The number of rotatable bonds is 4. The van der Waals surface area contributed by atoms with Crippen LogP contribution in [0.2, 0.25) is 0 Å². The predicted octanol–water partition coefficient (Wildman–Crippen LogP) is 0.792. The normalized spacial score (nSPS) is 19.9. The van der Waals surface area contributed by atoms with Gasteiger partial charge in [0.05, 0.1) is 12.1 Å². The van der Waals surface area contributed by atoms with Gasteiger partial charge in [0, 0.05) is 5.70 Å². The Kier molecular flexibility index (Phi) is 2.22. The standard InChI is InChI=1S/C10H11NO4/c12-9(13)5-8(10(14)15)11-6-3-1-2-4-7(6)11/h1,3,8H,2,4-5H2,(H,12,13)(H,14,15)/t8-,11?/m0/s1. The van der Waals surface area contributed by atoms with E-state index < -0.39 is 18.0 Å². The van der Waals surface area contributed by atoms with E-state index in [0.29, 0.717) is 0 Å². The average molecular weight is 209 g/mol. The molecule has 0 radical (unpaired) electrons. The van der Waals surface area contributed by atoms with Gasteiger partial charge in [0.15, 0.2) is 0 Å². The van der Waals surface area contributed by atoms with Crippen LogP contribution in [0.5, 0.6) is 0 Å². The number of allylic oxidation sites excluding steroid dienone is 3. The molecule has 0 saturated heterocycles. The molecular weight excluding hydrogens is 198 g/mol. The minimum absolute atomic E-state index is 0.365. The lowest BCUT2D eigenvalue weighted by Crippen LogP contribution is -2.32. The summed E-state index contributed by atoms with van der Waals surface area (Å²) in [5, 5.41) is 17.5. The molecular formula is C10H11NO4. The largest absolute Gasteiger partial charge is 0.481 e. The van der Waals surface area contributed by atoms with Crippen molar-refractivity contribution in [3.05, 3.63) is 23.5 Å². The third-order valence-electron chi connectivity index (χ3n) is 2.58. The summed E-state index contributed by atoms with van der Waals surface area (Å²) in [5.41, 5.74) is 1.86. The monoisotopic (exact) mass is 209 g/mol. The third kappa shape index (κ3) is 1.72. The fourth-order valence-electron chi connectivity index (χ4n) is 1.88. The zero-order valence-corrected chi connectivity index (χ0v) is 8.01. The topological polar surface area (TPSA) is 77.6 Å². The van der Waals surface area contributed by atoms with E-state index in [2.05, 4.69) is 0 Å². The van der Waals surface area contributed by atoms with Gasteiger partial charge in [-0.1, -0.05) is 6.08 Å². The second kappa shape index (κ2) is 3.42. The van der Waals surface area contributed by atoms with Crippen molar-refractivity contribution in [2.75, 3.05) is 0 Å². The quantitative estimate of drug-likeness (QED) is 0.715. The number of carboxylic acids is 2. The molecule has 0 amide bonds. The van der Waals surface area contributed by atoms with Crippen LogP contribution in [-0.4, -0.2) is 33.1 Å². The lowest BCUT2D eigenvalue weighted by Gasteiger charge is -2.14. The predicted molar refractivity (Wildman–Crippen MR) is 50.9 cm³/mol. The molecule has 0 aromatic heterocycles. The summed E-state index contributed by atoms with van der Waals surface area (Å²) in [5.74, 6) is -2.17. The van der Waals surface area contributed by atoms with Crippen LogP contribution in [0.25, 0.3) is 0 Å². The Morgan fingerprint density at radius 2 is 2.20 bits per heavy atom. The fraction of sp³-hybridized carbons (Fsp3) is 0.400. The van der Waals surface area contributed by atoms with Gasteiger partial charge >= 0.3 is 11.9 Å². The lowest BCUT2D eigenvalue weighted by atomic mass is 10.2. The molecule has 2 aliphatic rings. The van der Waals surface area contributed by atoms with Gasteiger partial charge in [-0.2, -0.15) is 0 Å². The van der Waals surface area contributed by atoms with Crippen LogP contribution in [-0.2, 0) is 9.59 Å². The number of aliphatic carboxylic acids is 2. The number of carboxylic acid groups (broad SMARTS) is 2. The van der Waals surface area contributed by atoms with Crippen LogP contribution in [0.1, 0.15) is 19.3 Å².